The van der Waals surface area contributed by atoms with Gasteiger partial charge >= 0.3 is 17.9 Å². The molecule has 8 nitrogen and oxygen atoms in total. The van der Waals surface area contributed by atoms with Gasteiger partial charge in [0.05, 0.1) is 18.8 Å². The summed E-state index contributed by atoms with van der Waals surface area (Å²) in [5.74, 6) is 12.9. The highest BCUT2D eigenvalue weighted by Gasteiger charge is 2.09. The van der Waals surface area contributed by atoms with Crippen LogP contribution in [-0.4, -0.2) is 44.3 Å². The Morgan fingerprint density at radius 1 is 0.580 bits per heavy atom. The Labute approximate surface area is 292 Å². The maximum Gasteiger partial charge on any atom is 0.343 e. The third-order valence-electron chi connectivity index (χ3n) is 6.75. The van der Waals surface area contributed by atoms with Crippen molar-refractivity contribution in [2.45, 2.75) is 19.8 Å². The van der Waals surface area contributed by atoms with E-state index in [1.54, 1.807) is 55.5 Å². The largest absolute Gasteiger partial charge is 0.494 e. The Morgan fingerprint density at radius 2 is 1.02 bits per heavy atom. The first-order chi connectivity index (χ1) is 24.3. The van der Waals surface area contributed by atoms with Gasteiger partial charge in [0.1, 0.15) is 30.5 Å². The second-order valence-corrected chi connectivity index (χ2v) is 10.7. The van der Waals surface area contributed by atoms with Gasteiger partial charge in [-0.3, -0.25) is 0 Å². The summed E-state index contributed by atoms with van der Waals surface area (Å²) in [5, 5.41) is 0. The molecule has 0 aromatic heterocycles. The molecule has 0 saturated heterocycles. The number of hydrogen-bond acceptors (Lipinski definition) is 8. The number of unbranched alkanes of at least 4 members (excludes halogenated alkanes) is 1. The molecule has 0 unspecified atom stereocenters. The Kier molecular flexibility index (Phi) is 14.1. The molecule has 0 heterocycles. The number of carbonyl (C=O) groups is 3. The molecule has 0 fully saturated rings. The first kappa shape index (κ1) is 36.3. The lowest BCUT2D eigenvalue weighted by Gasteiger charge is -2.08. The maximum atomic E-state index is 12.6. The van der Waals surface area contributed by atoms with Crippen LogP contribution in [0, 0.1) is 23.7 Å². The molecular formula is C42H36O8. The number of esters is 3. The van der Waals surface area contributed by atoms with Crippen LogP contribution >= 0.6 is 0 Å². The highest BCUT2D eigenvalue weighted by atomic mass is 16.6. The van der Waals surface area contributed by atoms with E-state index in [2.05, 4.69) is 36.8 Å². The lowest BCUT2D eigenvalue weighted by Crippen LogP contribution is -2.12. The van der Waals surface area contributed by atoms with E-state index in [1.165, 1.54) is 0 Å². The zero-order valence-corrected chi connectivity index (χ0v) is 27.7. The molecule has 0 aliphatic carbocycles. The maximum absolute atomic E-state index is 12.6. The number of ether oxygens (including phenoxy) is 5. The summed E-state index contributed by atoms with van der Waals surface area (Å²) in [6.45, 7) is 9.67. The fourth-order valence-electron chi connectivity index (χ4n) is 4.06. The van der Waals surface area contributed by atoms with Crippen molar-refractivity contribution in [3.05, 3.63) is 150 Å². The molecule has 50 heavy (non-hydrogen) atoms. The van der Waals surface area contributed by atoms with Crippen LogP contribution in [0.3, 0.4) is 0 Å². The molecule has 0 N–H and O–H groups in total. The fourth-order valence-corrected chi connectivity index (χ4v) is 4.06. The minimum absolute atomic E-state index is 0.147. The van der Waals surface area contributed by atoms with Gasteiger partial charge in [0, 0.05) is 33.9 Å². The van der Waals surface area contributed by atoms with Crippen molar-refractivity contribution in [2.24, 2.45) is 0 Å². The van der Waals surface area contributed by atoms with Gasteiger partial charge in [-0.05, 0) is 117 Å². The molecule has 0 spiro atoms. The summed E-state index contributed by atoms with van der Waals surface area (Å²) in [4.78, 5) is 35.1. The monoisotopic (exact) mass is 668 g/mol. The lowest BCUT2D eigenvalue weighted by atomic mass is 10.1. The number of carbonyl (C=O) groups excluding carboxylic acids is 3. The average Bonchev–Trinajstić information content (AvgIpc) is 3.14. The van der Waals surface area contributed by atoms with Crippen LogP contribution < -0.4 is 14.2 Å². The second kappa shape index (κ2) is 19.3. The molecule has 0 aliphatic rings. The van der Waals surface area contributed by atoms with Crippen molar-refractivity contribution in [2.75, 3.05) is 26.4 Å². The molecule has 0 saturated carbocycles. The van der Waals surface area contributed by atoms with Crippen LogP contribution in [0.1, 0.15) is 52.4 Å². The van der Waals surface area contributed by atoms with Crippen LogP contribution in [0.4, 0.5) is 0 Å². The zero-order chi connectivity index (χ0) is 35.6. The number of benzene rings is 4. The quantitative estimate of drug-likeness (QED) is 0.0462. The molecule has 0 bridgehead atoms. The van der Waals surface area contributed by atoms with Crippen LogP contribution in [0.15, 0.2) is 122 Å². The standard InChI is InChI=1S/C42H36O8/c1-4-40(43)48-28-6-5-27-46-38-23-25-39(26-24-38)50-42(45)36-19-15-34(16-20-36)13-11-32-7-9-33(10-8-32)12-14-35-17-21-37(22-18-35)47-29-30-49-41(44)31(2)3/h4,7-10,15-26H,1-2,5-6,27-30H2,3H3. The normalized spacial score (nSPS) is 9.86. The van der Waals surface area contributed by atoms with Crippen LogP contribution in [0.5, 0.6) is 17.2 Å². The lowest BCUT2D eigenvalue weighted by molar-refractivity contribution is -0.140. The van der Waals surface area contributed by atoms with Gasteiger partial charge in [0.15, 0.2) is 0 Å². The van der Waals surface area contributed by atoms with Crippen molar-refractivity contribution in [3.63, 3.8) is 0 Å². The Balaban J connectivity index is 1.20. The highest BCUT2D eigenvalue weighted by Crippen LogP contribution is 2.19. The molecule has 0 amide bonds. The van der Waals surface area contributed by atoms with E-state index in [4.69, 9.17) is 23.7 Å². The van der Waals surface area contributed by atoms with E-state index in [-0.39, 0.29) is 13.2 Å². The van der Waals surface area contributed by atoms with Crippen LogP contribution in [-0.2, 0) is 19.1 Å². The van der Waals surface area contributed by atoms with E-state index >= 15 is 0 Å². The van der Waals surface area contributed by atoms with E-state index in [9.17, 15) is 14.4 Å². The summed E-state index contributed by atoms with van der Waals surface area (Å²) in [7, 11) is 0. The zero-order valence-electron chi connectivity index (χ0n) is 27.7. The molecule has 4 aromatic rings. The Morgan fingerprint density at radius 3 is 1.54 bits per heavy atom. The minimum Gasteiger partial charge on any atom is -0.494 e. The van der Waals surface area contributed by atoms with Gasteiger partial charge in [-0.1, -0.05) is 36.8 Å². The van der Waals surface area contributed by atoms with Crippen LogP contribution in [0.25, 0.3) is 0 Å². The van der Waals surface area contributed by atoms with Crippen molar-refractivity contribution >= 4 is 17.9 Å². The molecule has 0 aliphatic heterocycles. The summed E-state index contributed by atoms with van der Waals surface area (Å²) in [6.07, 6.45) is 2.54. The van der Waals surface area contributed by atoms with Crippen molar-refractivity contribution in [1.82, 2.24) is 0 Å². The fraction of sp³-hybridized carbons (Fsp3) is 0.167. The van der Waals surface area contributed by atoms with E-state index in [1.807, 2.05) is 48.5 Å². The van der Waals surface area contributed by atoms with Gasteiger partial charge in [0.25, 0.3) is 0 Å². The van der Waals surface area contributed by atoms with Gasteiger partial charge in [0.2, 0.25) is 0 Å². The summed E-state index contributed by atoms with van der Waals surface area (Å²) in [6, 6.07) is 28.7. The van der Waals surface area contributed by atoms with Gasteiger partial charge in [-0.15, -0.1) is 0 Å². The molecule has 4 aromatic carbocycles. The highest BCUT2D eigenvalue weighted by molar-refractivity contribution is 5.91. The number of rotatable bonds is 14. The van der Waals surface area contributed by atoms with Crippen LogP contribution in [0.2, 0.25) is 0 Å². The van der Waals surface area contributed by atoms with E-state index in [0.29, 0.717) is 48.0 Å². The van der Waals surface area contributed by atoms with Gasteiger partial charge in [-0.2, -0.15) is 0 Å². The predicted octanol–water partition coefficient (Wildman–Crippen LogP) is 7.09. The average molecular weight is 669 g/mol. The Hall–Kier alpha value is -6.51. The molecule has 0 atom stereocenters. The van der Waals surface area contributed by atoms with Gasteiger partial charge in [-0.25, -0.2) is 14.4 Å². The second-order valence-electron chi connectivity index (χ2n) is 10.7. The Bertz CT molecular complexity index is 1900. The van der Waals surface area contributed by atoms with E-state index in [0.717, 1.165) is 34.8 Å². The molecule has 252 valence electrons. The predicted molar refractivity (Wildman–Crippen MR) is 190 cm³/mol. The summed E-state index contributed by atoms with van der Waals surface area (Å²) in [5.41, 5.74) is 4.02. The van der Waals surface area contributed by atoms with Crippen molar-refractivity contribution in [3.8, 4) is 40.9 Å². The summed E-state index contributed by atoms with van der Waals surface area (Å²) >= 11 is 0. The molecule has 0 radical (unpaired) electrons. The molecule has 4 rings (SSSR count). The third-order valence-corrected chi connectivity index (χ3v) is 6.75. The van der Waals surface area contributed by atoms with Gasteiger partial charge < -0.3 is 23.7 Å². The smallest absolute Gasteiger partial charge is 0.343 e. The molecule has 8 heteroatoms. The SMILES string of the molecule is C=CC(=O)OCCCCOc1ccc(OC(=O)c2ccc(C#Cc3ccc(C#Cc4ccc(OCCOC(=O)C(=C)C)cc4)cc3)cc2)cc1. The van der Waals surface area contributed by atoms with E-state index < -0.39 is 17.9 Å². The topological polar surface area (TPSA) is 97.4 Å². The van der Waals surface area contributed by atoms with Crippen molar-refractivity contribution in [1.29, 1.82) is 0 Å². The minimum atomic E-state index is -0.480. The summed E-state index contributed by atoms with van der Waals surface area (Å²) < 4.78 is 26.7. The number of hydrogen-bond donors (Lipinski definition) is 0. The first-order valence-electron chi connectivity index (χ1n) is 15.8. The third kappa shape index (κ3) is 12.6. The first-order valence-corrected chi connectivity index (χ1v) is 15.8. The molecular weight excluding hydrogens is 632 g/mol. The van der Waals surface area contributed by atoms with Crippen molar-refractivity contribution < 1.29 is 38.1 Å².